The van der Waals surface area contributed by atoms with Crippen molar-refractivity contribution in [3.05, 3.63) is 96.1 Å². The Kier molecular flexibility index (Phi) is 11.0. The van der Waals surface area contributed by atoms with E-state index in [2.05, 4.69) is 35.6 Å². The van der Waals surface area contributed by atoms with Crippen LogP contribution >= 0.6 is 11.6 Å². The van der Waals surface area contributed by atoms with Gasteiger partial charge in [-0.25, -0.2) is 13.2 Å². The van der Waals surface area contributed by atoms with E-state index in [1.165, 1.54) is 24.8 Å². The van der Waals surface area contributed by atoms with Crippen molar-refractivity contribution < 1.29 is 43.7 Å². The number of aryl methyl sites for hydroxylation is 1. The number of alkyl carbamates (subject to hydrolysis) is 1. The molecular formula is C26H29ClINO5S. The molecule has 6 nitrogen and oxygen atoms in total. The van der Waals surface area contributed by atoms with Crippen LogP contribution in [0.2, 0.25) is 5.02 Å². The van der Waals surface area contributed by atoms with Gasteiger partial charge in [0.2, 0.25) is 0 Å². The van der Waals surface area contributed by atoms with Gasteiger partial charge in [-0.1, -0.05) is 47.5 Å². The number of halogens is 2. The number of hydrogen-bond acceptors (Lipinski definition) is 5. The minimum atomic E-state index is -4.27. The SMILES string of the molecule is CC(C)(C)OC(=O)NCCc1ccccc1[I+]c1ccc(Cl)cc1.Cc1ccc(S(=O)(=O)[O-])cc1. The molecule has 0 aliphatic carbocycles. The molecule has 0 bridgehead atoms. The summed E-state index contributed by atoms with van der Waals surface area (Å²) in [4.78, 5) is 11.5. The summed E-state index contributed by atoms with van der Waals surface area (Å²) < 4.78 is 39.1. The van der Waals surface area contributed by atoms with E-state index in [9.17, 15) is 17.8 Å². The lowest BCUT2D eigenvalue weighted by Crippen LogP contribution is -3.61. The molecule has 1 amide bonds. The zero-order valence-electron chi connectivity index (χ0n) is 20.0. The smallest absolute Gasteiger partial charge is 0.407 e. The van der Waals surface area contributed by atoms with Crippen LogP contribution in [-0.4, -0.2) is 31.2 Å². The van der Waals surface area contributed by atoms with Gasteiger partial charge in [-0.2, -0.15) is 0 Å². The molecule has 0 atom stereocenters. The lowest BCUT2D eigenvalue weighted by Gasteiger charge is -2.19. The molecule has 0 aliphatic rings. The maximum Gasteiger partial charge on any atom is 0.407 e. The summed E-state index contributed by atoms with van der Waals surface area (Å²) in [5.41, 5.74) is 1.73. The van der Waals surface area contributed by atoms with Crippen molar-refractivity contribution in [2.24, 2.45) is 0 Å². The third-order valence-corrected chi connectivity index (χ3v) is 8.42. The Morgan fingerprint density at radius 2 is 1.60 bits per heavy atom. The number of carbonyl (C=O) groups is 1. The second kappa shape index (κ2) is 13.2. The molecule has 3 aromatic carbocycles. The molecule has 0 aromatic heterocycles. The zero-order chi connectivity index (χ0) is 26.1. The summed E-state index contributed by atoms with van der Waals surface area (Å²) in [5, 5.41) is 3.58. The van der Waals surface area contributed by atoms with Crippen LogP contribution in [-0.2, 0) is 21.3 Å². The molecule has 1 N–H and O–H groups in total. The summed E-state index contributed by atoms with van der Waals surface area (Å²) in [6.07, 6.45) is 0.426. The van der Waals surface area contributed by atoms with Gasteiger partial charge >= 0.3 is 27.3 Å². The largest absolute Gasteiger partial charge is 0.744 e. The highest BCUT2D eigenvalue weighted by Crippen LogP contribution is 2.09. The third-order valence-electron chi connectivity index (χ3n) is 4.34. The van der Waals surface area contributed by atoms with Crippen molar-refractivity contribution in [2.75, 3.05) is 6.54 Å². The predicted octanol–water partition coefficient (Wildman–Crippen LogP) is 2.43. The van der Waals surface area contributed by atoms with Crippen molar-refractivity contribution in [3.8, 4) is 0 Å². The van der Waals surface area contributed by atoms with Gasteiger partial charge < -0.3 is 14.6 Å². The summed E-state index contributed by atoms with van der Waals surface area (Å²) in [6.45, 7) is 7.97. The van der Waals surface area contributed by atoms with Crippen molar-refractivity contribution in [2.45, 2.75) is 44.6 Å². The number of carbonyl (C=O) groups excluding carboxylic acids is 1. The van der Waals surface area contributed by atoms with Crippen LogP contribution in [0, 0.1) is 14.1 Å². The van der Waals surface area contributed by atoms with Crippen LogP contribution < -0.4 is 26.5 Å². The highest BCUT2D eigenvalue weighted by Gasteiger charge is 2.20. The van der Waals surface area contributed by atoms with Gasteiger partial charge in [-0.05, 0) is 76.6 Å². The number of benzene rings is 3. The monoisotopic (exact) mass is 629 g/mol. The molecule has 0 spiro atoms. The van der Waals surface area contributed by atoms with Crippen LogP contribution in [0.25, 0.3) is 0 Å². The fourth-order valence-electron chi connectivity index (χ4n) is 2.72. The highest BCUT2D eigenvalue weighted by molar-refractivity contribution is 7.85. The summed E-state index contributed by atoms with van der Waals surface area (Å²) >= 11 is 5.69. The molecule has 0 radical (unpaired) electrons. The summed E-state index contributed by atoms with van der Waals surface area (Å²) in [7, 11) is -4.27. The quantitative estimate of drug-likeness (QED) is 0.334. The second-order valence-electron chi connectivity index (χ2n) is 8.57. The minimum Gasteiger partial charge on any atom is -0.744 e. The standard InChI is InChI=1S/C19H21ClINO2.C7H8O3S/c1-19(2,3)24-18(23)22-13-12-14-6-4-5-7-17(14)21-16-10-8-15(20)9-11-16;1-6-2-4-7(5-3-6)11(8,9)10/h4-11H,12-13H2,1-3H3;2-5H,1H3,(H,8,9,10). The first-order chi connectivity index (χ1) is 16.3. The molecule has 0 fully saturated rings. The lowest BCUT2D eigenvalue weighted by atomic mass is 10.1. The molecule has 188 valence electrons. The van der Waals surface area contributed by atoms with E-state index in [0.29, 0.717) is 6.54 Å². The van der Waals surface area contributed by atoms with E-state index in [-0.39, 0.29) is 32.2 Å². The third kappa shape index (κ3) is 11.4. The average molecular weight is 630 g/mol. The fourth-order valence-corrected chi connectivity index (χ4v) is 5.89. The van der Waals surface area contributed by atoms with Crippen molar-refractivity contribution >= 4 is 27.8 Å². The molecular weight excluding hydrogens is 601 g/mol. The number of rotatable bonds is 6. The molecule has 0 heterocycles. The van der Waals surface area contributed by atoms with Crippen LogP contribution in [0.3, 0.4) is 0 Å². The molecule has 3 aromatic rings. The Bertz CT molecular complexity index is 1210. The summed E-state index contributed by atoms with van der Waals surface area (Å²) in [6, 6.07) is 22.2. The molecule has 0 saturated carbocycles. The van der Waals surface area contributed by atoms with Crippen molar-refractivity contribution in [3.63, 3.8) is 0 Å². The van der Waals surface area contributed by atoms with Gasteiger partial charge in [0.25, 0.3) is 0 Å². The molecule has 3 rings (SSSR count). The Labute approximate surface area is 223 Å². The zero-order valence-corrected chi connectivity index (χ0v) is 23.8. The first kappa shape index (κ1) is 29.1. The van der Waals surface area contributed by atoms with Gasteiger partial charge in [0.1, 0.15) is 15.7 Å². The van der Waals surface area contributed by atoms with E-state index < -0.39 is 15.7 Å². The maximum absolute atomic E-state index is 11.7. The van der Waals surface area contributed by atoms with Gasteiger partial charge in [0.15, 0.2) is 7.14 Å². The predicted molar refractivity (Wildman–Crippen MR) is 132 cm³/mol. The van der Waals surface area contributed by atoms with Crippen LogP contribution in [0.15, 0.2) is 77.7 Å². The Morgan fingerprint density at radius 3 is 2.17 bits per heavy atom. The van der Waals surface area contributed by atoms with Crippen molar-refractivity contribution in [1.82, 2.24) is 5.32 Å². The molecule has 35 heavy (non-hydrogen) atoms. The summed E-state index contributed by atoms with van der Waals surface area (Å²) in [5.74, 6) is 0. The topological polar surface area (TPSA) is 95.5 Å². The van der Waals surface area contributed by atoms with E-state index in [4.69, 9.17) is 16.3 Å². The van der Waals surface area contributed by atoms with E-state index >= 15 is 0 Å². The van der Waals surface area contributed by atoms with Gasteiger partial charge in [-0.3, -0.25) is 0 Å². The number of amides is 1. The highest BCUT2D eigenvalue weighted by atomic mass is 127. The van der Waals surface area contributed by atoms with E-state index in [1.807, 2.05) is 45.9 Å². The first-order valence-electron chi connectivity index (χ1n) is 10.8. The molecule has 0 aliphatic heterocycles. The first-order valence-corrected chi connectivity index (χ1v) is 14.8. The molecule has 0 unspecified atom stereocenters. The molecule has 9 heteroatoms. The minimum absolute atomic E-state index is 0.178. The number of ether oxygens (including phenoxy) is 1. The van der Waals surface area contributed by atoms with Crippen LogP contribution in [0.5, 0.6) is 0 Å². The number of nitrogens with one attached hydrogen (secondary N) is 1. The average Bonchev–Trinajstić information content (AvgIpc) is 2.75. The maximum atomic E-state index is 11.7. The molecule has 0 saturated heterocycles. The van der Waals surface area contributed by atoms with Gasteiger partial charge in [-0.15, -0.1) is 0 Å². The Balaban J connectivity index is 0.000000328. The van der Waals surface area contributed by atoms with Crippen LogP contribution in [0.4, 0.5) is 4.79 Å². The van der Waals surface area contributed by atoms with Gasteiger partial charge in [0.05, 0.1) is 4.90 Å². The normalized spacial score (nSPS) is 11.3. The van der Waals surface area contributed by atoms with Crippen molar-refractivity contribution in [1.29, 1.82) is 0 Å². The van der Waals surface area contributed by atoms with Crippen LogP contribution in [0.1, 0.15) is 31.9 Å². The second-order valence-corrected chi connectivity index (χ2v) is 13.3. The van der Waals surface area contributed by atoms with E-state index in [1.54, 1.807) is 12.1 Å². The fraction of sp³-hybridized carbons (Fsp3) is 0.269. The number of hydrogen-bond donors (Lipinski definition) is 1. The Morgan fingerprint density at radius 1 is 1.00 bits per heavy atom. The van der Waals surface area contributed by atoms with E-state index in [0.717, 1.165) is 17.0 Å². The Hall–Kier alpha value is -2.14. The van der Waals surface area contributed by atoms with Gasteiger partial charge in [0, 0.05) is 17.1 Å². The lowest BCUT2D eigenvalue weighted by molar-refractivity contribution is -0.598.